The Morgan fingerprint density at radius 3 is 2.80 bits per heavy atom. The minimum Gasteiger partial charge on any atom is -0.493 e. The van der Waals surface area contributed by atoms with E-state index in [-0.39, 0.29) is 0 Å². The van der Waals surface area contributed by atoms with Crippen molar-refractivity contribution in [2.24, 2.45) is 0 Å². The Bertz CT molecular complexity index is 560. The molecule has 0 aliphatic rings. The molecule has 0 radical (unpaired) electrons. The number of nitrogens with zero attached hydrogens (tertiary/aromatic N) is 2. The van der Waals surface area contributed by atoms with Crippen LogP contribution in [0, 0.1) is 0 Å². The van der Waals surface area contributed by atoms with Crippen molar-refractivity contribution in [1.82, 2.24) is 10.3 Å². The highest BCUT2D eigenvalue weighted by Gasteiger charge is 2.07. The maximum absolute atomic E-state index is 5.82. The van der Waals surface area contributed by atoms with E-state index in [4.69, 9.17) is 4.74 Å². The minimum absolute atomic E-state index is 0.758. The van der Waals surface area contributed by atoms with Gasteiger partial charge in [0.2, 0.25) is 0 Å². The molecule has 0 amide bonds. The monoisotopic (exact) mass is 294 g/mol. The first kappa shape index (κ1) is 15.2. The van der Waals surface area contributed by atoms with Crippen molar-refractivity contribution in [3.63, 3.8) is 0 Å². The van der Waals surface area contributed by atoms with E-state index in [0.717, 1.165) is 46.9 Å². The number of rotatable bonds is 7. The topological polar surface area (TPSA) is 34.2 Å². The van der Waals surface area contributed by atoms with Gasteiger partial charge in [0, 0.05) is 19.0 Å². The van der Waals surface area contributed by atoms with E-state index in [1.165, 1.54) is 4.70 Å². The van der Waals surface area contributed by atoms with E-state index >= 15 is 0 Å². The fraction of sp³-hybridized carbons (Fsp3) is 0.533. The van der Waals surface area contributed by atoms with E-state index in [1.54, 1.807) is 11.3 Å². The smallest absolute Gasteiger partial charge is 0.121 e. The van der Waals surface area contributed by atoms with Crippen LogP contribution in [0.3, 0.4) is 0 Å². The predicted octanol–water partition coefficient (Wildman–Crippen LogP) is 2.49. The second-order valence-electron chi connectivity index (χ2n) is 5.98. The average molecular weight is 294 g/mol. The summed E-state index contributed by atoms with van der Waals surface area (Å²) in [5, 5.41) is 4.25. The van der Waals surface area contributed by atoms with Crippen molar-refractivity contribution < 1.29 is 9.22 Å². The van der Waals surface area contributed by atoms with Gasteiger partial charge in [-0.2, -0.15) is 0 Å². The SMILES string of the molecule is CNCc1nc2cc(OCCC[N+](C)(C)C)ccc2s1. The molecule has 4 nitrogen and oxygen atoms in total. The number of thiazole rings is 1. The number of benzene rings is 1. The van der Waals surface area contributed by atoms with Gasteiger partial charge in [0.1, 0.15) is 10.8 Å². The van der Waals surface area contributed by atoms with E-state index < -0.39 is 0 Å². The largest absolute Gasteiger partial charge is 0.493 e. The maximum Gasteiger partial charge on any atom is 0.121 e. The van der Waals surface area contributed by atoms with Crippen LogP contribution in [-0.4, -0.2) is 50.8 Å². The highest BCUT2D eigenvalue weighted by atomic mass is 32.1. The third-order valence-electron chi connectivity index (χ3n) is 2.97. The van der Waals surface area contributed by atoms with Crippen LogP contribution < -0.4 is 10.1 Å². The lowest BCUT2D eigenvalue weighted by Crippen LogP contribution is -2.35. The standard InChI is InChI=1S/C15H24N3OS/c1-16-11-15-17-13-10-12(6-7-14(13)20-15)19-9-5-8-18(2,3)4/h6-7,10,16H,5,8-9,11H2,1-4H3/q+1. The number of quaternary nitrogens is 1. The molecule has 1 N–H and O–H groups in total. The van der Waals surface area contributed by atoms with Crippen LogP contribution in [0.1, 0.15) is 11.4 Å². The van der Waals surface area contributed by atoms with Crippen LogP contribution in [0.2, 0.25) is 0 Å². The zero-order chi connectivity index (χ0) is 14.6. The van der Waals surface area contributed by atoms with Crippen LogP contribution in [0.5, 0.6) is 5.75 Å². The molecule has 0 bridgehead atoms. The lowest BCUT2D eigenvalue weighted by atomic mass is 10.3. The Kier molecular flexibility index (Phi) is 4.96. The summed E-state index contributed by atoms with van der Waals surface area (Å²) in [6, 6.07) is 6.17. The molecule has 1 aromatic heterocycles. The quantitative estimate of drug-likeness (QED) is 0.629. The van der Waals surface area contributed by atoms with E-state index in [9.17, 15) is 0 Å². The lowest BCUT2D eigenvalue weighted by Gasteiger charge is -2.23. The van der Waals surface area contributed by atoms with Crippen LogP contribution >= 0.6 is 11.3 Å². The zero-order valence-electron chi connectivity index (χ0n) is 12.8. The summed E-state index contributed by atoms with van der Waals surface area (Å²) in [5.41, 5.74) is 1.03. The van der Waals surface area contributed by atoms with Crippen LogP contribution in [0.25, 0.3) is 10.2 Å². The van der Waals surface area contributed by atoms with Gasteiger partial charge < -0.3 is 14.5 Å². The molecule has 0 aliphatic carbocycles. The second-order valence-corrected chi connectivity index (χ2v) is 7.10. The number of hydrogen-bond donors (Lipinski definition) is 1. The van der Waals surface area contributed by atoms with E-state index in [0.29, 0.717) is 0 Å². The number of ether oxygens (including phenoxy) is 1. The van der Waals surface area contributed by atoms with Gasteiger partial charge >= 0.3 is 0 Å². The summed E-state index contributed by atoms with van der Waals surface area (Å²) in [6.45, 7) is 2.69. The van der Waals surface area contributed by atoms with Gasteiger partial charge in [-0.05, 0) is 19.2 Å². The molecule has 2 rings (SSSR count). The van der Waals surface area contributed by atoms with E-state index in [1.807, 2.05) is 19.2 Å². The summed E-state index contributed by atoms with van der Waals surface area (Å²) in [7, 11) is 8.54. The third-order valence-corrected chi connectivity index (χ3v) is 4.01. The molecule has 1 heterocycles. The lowest BCUT2D eigenvalue weighted by molar-refractivity contribution is -0.870. The van der Waals surface area contributed by atoms with Crippen LogP contribution in [-0.2, 0) is 6.54 Å². The van der Waals surface area contributed by atoms with Gasteiger partial charge in [-0.3, -0.25) is 0 Å². The molecule has 0 atom stereocenters. The number of aromatic nitrogens is 1. The molecule has 5 heteroatoms. The molecule has 2 aromatic rings. The predicted molar refractivity (Wildman–Crippen MR) is 85.4 cm³/mol. The summed E-state index contributed by atoms with van der Waals surface area (Å²) in [6.07, 6.45) is 1.06. The Hall–Kier alpha value is -1.17. The van der Waals surface area contributed by atoms with E-state index in [2.05, 4.69) is 37.5 Å². The van der Waals surface area contributed by atoms with Gasteiger partial charge in [0.05, 0.1) is 44.5 Å². The van der Waals surface area contributed by atoms with Crippen molar-refractivity contribution in [1.29, 1.82) is 0 Å². The Balaban J connectivity index is 1.94. The van der Waals surface area contributed by atoms with Crippen LogP contribution in [0.4, 0.5) is 0 Å². The Labute approximate surface area is 125 Å². The van der Waals surface area contributed by atoms with Crippen molar-refractivity contribution in [2.45, 2.75) is 13.0 Å². The van der Waals surface area contributed by atoms with Crippen LogP contribution in [0.15, 0.2) is 18.2 Å². The fourth-order valence-electron chi connectivity index (χ4n) is 2.00. The molecule has 0 spiro atoms. The van der Waals surface area contributed by atoms with Gasteiger partial charge in [0.15, 0.2) is 0 Å². The molecular formula is C15H24N3OS+. The first-order chi connectivity index (χ1) is 9.48. The highest BCUT2D eigenvalue weighted by Crippen LogP contribution is 2.26. The van der Waals surface area contributed by atoms with Gasteiger partial charge in [-0.15, -0.1) is 11.3 Å². The summed E-state index contributed by atoms with van der Waals surface area (Å²) in [4.78, 5) is 4.60. The second kappa shape index (κ2) is 6.52. The molecule has 0 saturated heterocycles. The fourth-order valence-corrected chi connectivity index (χ4v) is 2.96. The average Bonchev–Trinajstić information content (AvgIpc) is 2.75. The third kappa shape index (κ3) is 4.44. The van der Waals surface area contributed by atoms with Crippen molar-refractivity contribution in [2.75, 3.05) is 41.3 Å². The van der Waals surface area contributed by atoms with Gasteiger partial charge in [-0.1, -0.05) is 0 Å². The molecule has 110 valence electrons. The summed E-state index contributed by atoms with van der Waals surface area (Å²) in [5.74, 6) is 0.917. The zero-order valence-corrected chi connectivity index (χ0v) is 13.6. The van der Waals surface area contributed by atoms with Crippen molar-refractivity contribution in [3.05, 3.63) is 23.2 Å². The first-order valence-electron chi connectivity index (χ1n) is 6.95. The van der Waals surface area contributed by atoms with Gasteiger partial charge in [-0.25, -0.2) is 4.98 Å². The molecule has 0 unspecified atom stereocenters. The van der Waals surface area contributed by atoms with Crippen molar-refractivity contribution >= 4 is 21.6 Å². The van der Waals surface area contributed by atoms with Gasteiger partial charge in [0.25, 0.3) is 0 Å². The molecule has 0 aliphatic heterocycles. The molecule has 1 aromatic carbocycles. The molecule has 0 saturated carbocycles. The number of fused-ring (bicyclic) bond motifs is 1. The highest BCUT2D eigenvalue weighted by molar-refractivity contribution is 7.18. The number of hydrogen-bond acceptors (Lipinski definition) is 4. The summed E-state index contributed by atoms with van der Waals surface area (Å²) < 4.78 is 8.01. The number of nitrogens with one attached hydrogen (secondary N) is 1. The Morgan fingerprint density at radius 1 is 1.30 bits per heavy atom. The minimum atomic E-state index is 0.758. The first-order valence-corrected chi connectivity index (χ1v) is 7.77. The molecule has 20 heavy (non-hydrogen) atoms. The molecule has 0 fully saturated rings. The maximum atomic E-state index is 5.82. The Morgan fingerprint density at radius 2 is 2.10 bits per heavy atom. The van der Waals surface area contributed by atoms with Crippen molar-refractivity contribution in [3.8, 4) is 5.75 Å². The normalized spacial score (nSPS) is 12.0. The molecular weight excluding hydrogens is 270 g/mol. The summed E-state index contributed by atoms with van der Waals surface area (Å²) >= 11 is 1.73.